The maximum Gasteiger partial charge on any atom is 0.230 e. The van der Waals surface area contributed by atoms with Crippen LogP contribution in [0.15, 0.2) is 48.8 Å². The standard InChI is InChI=1S/C21H23N5O3/c1-27-17-4-2-3-15(12-17)25-21-24-13-23-20(26-21)14-5-6-19(18(22)11-14)29-16-7-9-28-10-8-16/h2-6,11-13,16H,7-10,22H2,1H3,(H,23,24,25,26). The molecule has 2 aromatic carbocycles. The van der Waals surface area contributed by atoms with E-state index in [0.717, 1.165) is 43.1 Å². The molecule has 150 valence electrons. The van der Waals surface area contributed by atoms with Gasteiger partial charge in [0.15, 0.2) is 5.82 Å². The molecule has 3 aromatic rings. The van der Waals surface area contributed by atoms with Crippen LogP contribution in [0.3, 0.4) is 0 Å². The average molecular weight is 393 g/mol. The van der Waals surface area contributed by atoms with Crippen molar-refractivity contribution in [2.45, 2.75) is 18.9 Å². The number of benzene rings is 2. The molecular formula is C21H23N5O3. The summed E-state index contributed by atoms with van der Waals surface area (Å²) in [5.74, 6) is 2.38. The number of hydrogen-bond acceptors (Lipinski definition) is 8. The van der Waals surface area contributed by atoms with Gasteiger partial charge < -0.3 is 25.3 Å². The fourth-order valence-corrected chi connectivity index (χ4v) is 3.09. The lowest BCUT2D eigenvalue weighted by molar-refractivity contribution is 0.0259. The van der Waals surface area contributed by atoms with Crippen LogP contribution < -0.4 is 20.5 Å². The molecule has 0 aliphatic carbocycles. The fourth-order valence-electron chi connectivity index (χ4n) is 3.09. The van der Waals surface area contributed by atoms with Gasteiger partial charge in [-0.15, -0.1) is 0 Å². The van der Waals surface area contributed by atoms with E-state index in [1.54, 1.807) is 7.11 Å². The van der Waals surface area contributed by atoms with Crippen molar-refractivity contribution in [3.63, 3.8) is 0 Å². The minimum Gasteiger partial charge on any atom is -0.497 e. The molecule has 1 aliphatic rings. The van der Waals surface area contributed by atoms with E-state index in [0.29, 0.717) is 23.2 Å². The number of nitrogens with one attached hydrogen (secondary N) is 1. The van der Waals surface area contributed by atoms with Crippen LogP contribution in [0.25, 0.3) is 11.4 Å². The minimum atomic E-state index is 0.132. The van der Waals surface area contributed by atoms with E-state index >= 15 is 0 Å². The van der Waals surface area contributed by atoms with Crippen LogP contribution in [0.2, 0.25) is 0 Å². The largest absolute Gasteiger partial charge is 0.497 e. The third kappa shape index (κ3) is 4.72. The zero-order chi connectivity index (χ0) is 20.1. The average Bonchev–Trinajstić information content (AvgIpc) is 2.76. The summed E-state index contributed by atoms with van der Waals surface area (Å²) in [6.45, 7) is 1.44. The Morgan fingerprint density at radius 3 is 2.76 bits per heavy atom. The topological polar surface area (TPSA) is 104 Å². The first-order valence-corrected chi connectivity index (χ1v) is 9.45. The molecule has 0 spiro atoms. The molecule has 1 fully saturated rings. The lowest BCUT2D eigenvalue weighted by atomic mass is 10.1. The highest BCUT2D eigenvalue weighted by Crippen LogP contribution is 2.29. The van der Waals surface area contributed by atoms with E-state index in [1.807, 2.05) is 42.5 Å². The molecule has 8 heteroatoms. The van der Waals surface area contributed by atoms with Gasteiger partial charge in [0.25, 0.3) is 0 Å². The van der Waals surface area contributed by atoms with Gasteiger partial charge in [0.2, 0.25) is 5.95 Å². The number of aromatic nitrogens is 3. The first-order chi connectivity index (χ1) is 14.2. The maximum atomic E-state index is 6.21. The Balaban J connectivity index is 1.50. The second-order valence-electron chi connectivity index (χ2n) is 6.67. The Morgan fingerprint density at radius 1 is 1.10 bits per heavy atom. The van der Waals surface area contributed by atoms with Gasteiger partial charge in [0.1, 0.15) is 23.9 Å². The van der Waals surface area contributed by atoms with Crippen LogP contribution in [0.1, 0.15) is 12.8 Å². The number of ether oxygens (including phenoxy) is 3. The van der Waals surface area contributed by atoms with Gasteiger partial charge in [-0.2, -0.15) is 4.98 Å². The molecule has 1 saturated heterocycles. The van der Waals surface area contributed by atoms with Crippen molar-refractivity contribution in [2.24, 2.45) is 0 Å². The molecule has 1 aromatic heterocycles. The van der Waals surface area contributed by atoms with Crippen LogP contribution >= 0.6 is 0 Å². The minimum absolute atomic E-state index is 0.132. The van der Waals surface area contributed by atoms with Crippen molar-refractivity contribution in [1.82, 2.24) is 15.0 Å². The Bertz CT molecular complexity index is 976. The normalized spacial score (nSPS) is 14.4. The Labute approximate surface area is 169 Å². The second-order valence-corrected chi connectivity index (χ2v) is 6.67. The lowest BCUT2D eigenvalue weighted by Crippen LogP contribution is -2.26. The van der Waals surface area contributed by atoms with Gasteiger partial charge in [-0.1, -0.05) is 6.07 Å². The highest BCUT2D eigenvalue weighted by atomic mass is 16.5. The van der Waals surface area contributed by atoms with E-state index in [4.69, 9.17) is 19.9 Å². The van der Waals surface area contributed by atoms with Crippen LogP contribution in [0, 0.1) is 0 Å². The van der Waals surface area contributed by atoms with Crippen LogP contribution in [0.4, 0.5) is 17.3 Å². The summed E-state index contributed by atoms with van der Waals surface area (Å²) in [6, 6.07) is 13.1. The highest BCUT2D eigenvalue weighted by molar-refractivity contribution is 5.67. The molecule has 0 amide bonds. The quantitative estimate of drug-likeness (QED) is 0.614. The monoisotopic (exact) mass is 393 g/mol. The van der Waals surface area contributed by atoms with Gasteiger partial charge in [-0.25, -0.2) is 9.97 Å². The number of nitrogens with zero attached hydrogens (tertiary/aromatic N) is 3. The second kappa shape index (κ2) is 8.74. The van der Waals surface area contributed by atoms with Crippen LogP contribution in [-0.4, -0.2) is 41.4 Å². The van der Waals surface area contributed by atoms with Crippen LogP contribution in [-0.2, 0) is 4.74 Å². The van der Waals surface area contributed by atoms with E-state index in [2.05, 4.69) is 20.3 Å². The zero-order valence-electron chi connectivity index (χ0n) is 16.2. The summed E-state index contributed by atoms with van der Waals surface area (Å²) in [6.07, 6.45) is 3.34. The number of nitrogens with two attached hydrogens (primary N) is 1. The summed E-state index contributed by atoms with van der Waals surface area (Å²) < 4.78 is 16.6. The number of hydrogen-bond donors (Lipinski definition) is 2. The van der Waals surface area contributed by atoms with Gasteiger partial charge in [-0.3, -0.25) is 0 Å². The van der Waals surface area contributed by atoms with Gasteiger partial charge >= 0.3 is 0 Å². The predicted octanol–water partition coefficient (Wildman–Crippen LogP) is 3.43. The Morgan fingerprint density at radius 2 is 1.97 bits per heavy atom. The molecule has 0 atom stereocenters. The summed E-state index contributed by atoms with van der Waals surface area (Å²) >= 11 is 0. The van der Waals surface area contributed by atoms with Crippen molar-refractivity contribution in [3.8, 4) is 22.9 Å². The first-order valence-electron chi connectivity index (χ1n) is 9.45. The summed E-state index contributed by atoms with van der Waals surface area (Å²) in [7, 11) is 1.62. The number of rotatable bonds is 6. The van der Waals surface area contributed by atoms with Crippen molar-refractivity contribution in [2.75, 3.05) is 31.4 Å². The van der Waals surface area contributed by atoms with E-state index in [9.17, 15) is 0 Å². The fraction of sp³-hybridized carbons (Fsp3) is 0.286. The van der Waals surface area contributed by atoms with E-state index in [-0.39, 0.29) is 6.10 Å². The maximum absolute atomic E-state index is 6.21. The van der Waals surface area contributed by atoms with E-state index < -0.39 is 0 Å². The molecule has 0 unspecified atom stereocenters. The van der Waals surface area contributed by atoms with Crippen molar-refractivity contribution in [3.05, 3.63) is 48.8 Å². The molecule has 4 rings (SSSR count). The van der Waals surface area contributed by atoms with Crippen LogP contribution in [0.5, 0.6) is 11.5 Å². The van der Waals surface area contributed by atoms with Gasteiger partial charge in [0, 0.05) is 30.2 Å². The highest BCUT2D eigenvalue weighted by Gasteiger charge is 2.17. The third-order valence-corrected chi connectivity index (χ3v) is 4.63. The number of methoxy groups -OCH3 is 1. The molecule has 29 heavy (non-hydrogen) atoms. The SMILES string of the molecule is COc1cccc(Nc2ncnc(-c3ccc(OC4CCOCC4)c(N)c3)n2)c1. The lowest BCUT2D eigenvalue weighted by Gasteiger charge is -2.24. The molecule has 1 aliphatic heterocycles. The Hall–Kier alpha value is -3.39. The van der Waals surface area contributed by atoms with Crippen molar-refractivity contribution >= 4 is 17.3 Å². The molecule has 3 N–H and O–H groups in total. The number of nitrogen functional groups attached to an aromatic ring is 1. The molecule has 2 heterocycles. The zero-order valence-corrected chi connectivity index (χ0v) is 16.2. The molecular weight excluding hydrogens is 370 g/mol. The van der Waals surface area contributed by atoms with Crippen molar-refractivity contribution < 1.29 is 14.2 Å². The predicted molar refractivity (Wildman–Crippen MR) is 110 cm³/mol. The molecule has 8 nitrogen and oxygen atoms in total. The molecule has 0 saturated carbocycles. The smallest absolute Gasteiger partial charge is 0.230 e. The number of anilines is 3. The third-order valence-electron chi connectivity index (χ3n) is 4.63. The van der Waals surface area contributed by atoms with Gasteiger partial charge in [0.05, 0.1) is 26.0 Å². The van der Waals surface area contributed by atoms with Crippen molar-refractivity contribution in [1.29, 1.82) is 0 Å². The summed E-state index contributed by atoms with van der Waals surface area (Å²) in [5, 5.41) is 3.16. The van der Waals surface area contributed by atoms with Gasteiger partial charge in [-0.05, 0) is 30.3 Å². The molecule has 0 radical (unpaired) electrons. The Kier molecular flexibility index (Phi) is 5.71. The molecule has 0 bridgehead atoms. The first kappa shape index (κ1) is 18.9. The summed E-state index contributed by atoms with van der Waals surface area (Å²) in [5.41, 5.74) is 8.38. The summed E-state index contributed by atoms with van der Waals surface area (Å²) in [4.78, 5) is 13.0. The van der Waals surface area contributed by atoms with E-state index in [1.165, 1.54) is 6.33 Å².